The molecule has 1 heterocycles. The minimum Gasteiger partial charge on any atom is -0.380 e. The van der Waals surface area contributed by atoms with E-state index < -0.39 is 0 Å². The number of hydrogen-bond acceptors (Lipinski definition) is 4. The summed E-state index contributed by atoms with van der Waals surface area (Å²) in [5, 5.41) is 14.2. The highest BCUT2D eigenvalue weighted by atomic mass is 79.9. The van der Waals surface area contributed by atoms with E-state index in [2.05, 4.69) is 21.2 Å². The Morgan fingerprint density at radius 2 is 2.05 bits per heavy atom. The zero-order valence-electron chi connectivity index (χ0n) is 10.6. The Kier molecular flexibility index (Phi) is 4.21. The molecule has 0 spiro atoms. The van der Waals surface area contributed by atoms with E-state index in [0.29, 0.717) is 12.1 Å². The fourth-order valence-electron chi connectivity index (χ4n) is 1.86. The molecule has 1 aromatic heterocycles. The van der Waals surface area contributed by atoms with Gasteiger partial charge in [0.05, 0.1) is 8.71 Å². The lowest BCUT2D eigenvalue weighted by atomic mass is 10.1. The van der Waals surface area contributed by atoms with Crippen molar-refractivity contribution in [3.63, 3.8) is 0 Å². The maximum Gasteiger partial charge on any atom is 0.274 e. The van der Waals surface area contributed by atoms with Gasteiger partial charge in [0.25, 0.3) is 5.69 Å². The van der Waals surface area contributed by atoms with Crippen LogP contribution in [-0.4, -0.2) is 4.92 Å². The summed E-state index contributed by atoms with van der Waals surface area (Å²) >= 11 is 5.06. The Morgan fingerprint density at radius 1 is 1.32 bits per heavy atom. The number of halogens is 1. The van der Waals surface area contributed by atoms with Crippen LogP contribution in [0.15, 0.2) is 28.1 Å². The Bertz CT molecular complexity index is 625. The molecule has 0 aliphatic heterocycles. The van der Waals surface area contributed by atoms with Crippen molar-refractivity contribution in [2.24, 2.45) is 0 Å². The van der Waals surface area contributed by atoms with E-state index in [1.807, 2.05) is 25.1 Å². The van der Waals surface area contributed by atoms with Gasteiger partial charge in [0, 0.05) is 28.7 Å². The second-order valence-electron chi connectivity index (χ2n) is 4.27. The third-order valence-electron chi connectivity index (χ3n) is 2.82. The molecule has 0 unspecified atom stereocenters. The second kappa shape index (κ2) is 5.71. The molecule has 0 radical (unpaired) electrons. The largest absolute Gasteiger partial charge is 0.380 e. The number of thiophene rings is 1. The van der Waals surface area contributed by atoms with E-state index >= 15 is 0 Å². The van der Waals surface area contributed by atoms with Crippen LogP contribution in [0.2, 0.25) is 0 Å². The van der Waals surface area contributed by atoms with Crippen LogP contribution in [0.1, 0.15) is 16.0 Å². The molecule has 2 rings (SSSR count). The van der Waals surface area contributed by atoms with Crippen LogP contribution in [0.25, 0.3) is 0 Å². The lowest BCUT2D eigenvalue weighted by molar-refractivity contribution is -0.385. The van der Waals surface area contributed by atoms with Crippen molar-refractivity contribution in [1.82, 2.24) is 0 Å². The Balaban J connectivity index is 2.20. The summed E-state index contributed by atoms with van der Waals surface area (Å²) in [6.45, 7) is 4.37. The molecular formula is C13H13BrN2O2S. The number of nitro groups is 1. The molecule has 4 nitrogen and oxygen atoms in total. The van der Waals surface area contributed by atoms with Gasteiger partial charge in [-0.3, -0.25) is 10.1 Å². The third kappa shape index (κ3) is 3.33. The molecular weight excluding hydrogens is 328 g/mol. The fourth-order valence-corrected chi connectivity index (χ4v) is 3.28. The minimum atomic E-state index is -0.346. The van der Waals surface area contributed by atoms with Gasteiger partial charge < -0.3 is 5.32 Å². The molecule has 0 saturated heterocycles. The highest BCUT2D eigenvalue weighted by Crippen LogP contribution is 2.28. The zero-order chi connectivity index (χ0) is 14.0. The predicted molar refractivity (Wildman–Crippen MR) is 81.9 cm³/mol. The maximum atomic E-state index is 10.9. The first kappa shape index (κ1) is 14.0. The molecule has 0 aliphatic rings. The van der Waals surface area contributed by atoms with Crippen LogP contribution in [0.3, 0.4) is 0 Å². The van der Waals surface area contributed by atoms with Gasteiger partial charge in [-0.05, 0) is 53.5 Å². The lowest BCUT2D eigenvalue weighted by Crippen LogP contribution is -2.01. The van der Waals surface area contributed by atoms with Gasteiger partial charge in [-0.1, -0.05) is 0 Å². The summed E-state index contributed by atoms with van der Waals surface area (Å²) in [5.74, 6) is 0. The number of rotatable bonds is 4. The van der Waals surface area contributed by atoms with Gasteiger partial charge in [0.2, 0.25) is 0 Å². The van der Waals surface area contributed by atoms with E-state index in [0.717, 1.165) is 15.0 Å². The number of nitro benzene ring substituents is 1. The van der Waals surface area contributed by atoms with Crippen LogP contribution in [0.5, 0.6) is 0 Å². The number of aryl methyl sites for hydroxylation is 2. The van der Waals surface area contributed by atoms with Crippen molar-refractivity contribution < 1.29 is 4.92 Å². The molecule has 1 N–H and O–H groups in total. The zero-order valence-corrected chi connectivity index (χ0v) is 13.0. The monoisotopic (exact) mass is 340 g/mol. The van der Waals surface area contributed by atoms with Crippen molar-refractivity contribution in [1.29, 1.82) is 0 Å². The van der Waals surface area contributed by atoms with Gasteiger partial charge in [-0.25, -0.2) is 0 Å². The van der Waals surface area contributed by atoms with E-state index in [9.17, 15) is 10.1 Å². The first-order valence-corrected chi connectivity index (χ1v) is 7.32. The van der Waals surface area contributed by atoms with Gasteiger partial charge in [0.1, 0.15) is 0 Å². The standard InChI is InChI=1S/C13H13BrN2O2S/c1-8-5-9(2)12(16(17)18)6-11(8)15-7-10-3-4-13(14)19-10/h3-6,15H,7H2,1-2H3. The number of hydrogen-bond donors (Lipinski definition) is 1. The predicted octanol–water partition coefficient (Wildman–Crippen LogP) is 4.65. The van der Waals surface area contributed by atoms with Crippen molar-refractivity contribution in [3.8, 4) is 0 Å². The van der Waals surface area contributed by atoms with E-state index in [4.69, 9.17) is 0 Å². The molecule has 0 fully saturated rings. The molecule has 19 heavy (non-hydrogen) atoms. The third-order valence-corrected chi connectivity index (χ3v) is 4.45. The average molecular weight is 341 g/mol. The normalized spacial score (nSPS) is 10.5. The molecule has 2 aromatic rings. The fraction of sp³-hybridized carbons (Fsp3) is 0.231. The maximum absolute atomic E-state index is 10.9. The van der Waals surface area contributed by atoms with Gasteiger partial charge in [-0.2, -0.15) is 0 Å². The molecule has 100 valence electrons. The number of nitrogens with one attached hydrogen (secondary N) is 1. The Morgan fingerprint density at radius 3 is 2.63 bits per heavy atom. The van der Waals surface area contributed by atoms with Gasteiger partial charge in [0.15, 0.2) is 0 Å². The molecule has 0 saturated carbocycles. The van der Waals surface area contributed by atoms with Crippen LogP contribution in [0.4, 0.5) is 11.4 Å². The molecule has 0 bridgehead atoms. The summed E-state index contributed by atoms with van der Waals surface area (Å²) in [5.41, 5.74) is 2.66. The highest BCUT2D eigenvalue weighted by Gasteiger charge is 2.13. The minimum absolute atomic E-state index is 0.153. The first-order valence-electron chi connectivity index (χ1n) is 5.71. The molecule has 0 atom stereocenters. The topological polar surface area (TPSA) is 55.2 Å². The van der Waals surface area contributed by atoms with Crippen molar-refractivity contribution in [2.75, 3.05) is 5.32 Å². The SMILES string of the molecule is Cc1cc(C)c([N+](=O)[O-])cc1NCc1ccc(Br)s1. The van der Waals surface area contributed by atoms with Gasteiger partial charge >= 0.3 is 0 Å². The van der Waals surface area contributed by atoms with Gasteiger partial charge in [-0.15, -0.1) is 11.3 Å². The van der Waals surface area contributed by atoms with Crippen LogP contribution in [0, 0.1) is 24.0 Å². The molecule has 1 aromatic carbocycles. The smallest absolute Gasteiger partial charge is 0.274 e. The quantitative estimate of drug-likeness (QED) is 0.651. The Labute approximate surface area is 123 Å². The van der Waals surface area contributed by atoms with Crippen LogP contribution >= 0.6 is 27.3 Å². The summed E-state index contributed by atoms with van der Waals surface area (Å²) in [4.78, 5) is 11.8. The van der Waals surface area contributed by atoms with Crippen molar-refractivity contribution >= 4 is 38.6 Å². The average Bonchev–Trinajstić information content (AvgIpc) is 2.73. The lowest BCUT2D eigenvalue weighted by Gasteiger charge is -2.09. The van der Waals surface area contributed by atoms with Crippen molar-refractivity contribution in [3.05, 3.63) is 54.2 Å². The molecule has 6 heteroatoms. The van der Waals surface area contributed by atoms with E-state index in [-0.39, 0.29) is 10.6 Å². The van der Waals surface area contributed by atoms with Crippen LogP contribution in [-0.2, 0) is 6.54 Å². The summed E-state index contributed by atoms with van der Waals surface area (Å²) in [6, 6.07) is 7.46. The molecule has 0 amide bonds. The number of nitrogens with zero attached hydrogens (tertiary/aromatic N) is 1. The number of anilines is 1. The van der Waals surface area contributed by atoms with Crippen LogP contribution < -0.4 is 5.32 Å². The van der Waals surface area contributed by atoms with E-state index in [1.54, 1.807) is 24.3 Å². The van der Waals surface area contributed by atoms with E-state index in [1.165, 1.54) is 4.88 Å². The molecule has 0 aliphatic carbocycles. The summed E-state index contributed by atoms with van der Waals surface area (Å²) in [7, 11) is 0. The highest BCUT2D eigenvalue weighted by molar-refractivity contribution is 9.11. The summed E-state index contributed by atoms with van der Waals surface area (Å²) in [6.07, 6.45) is 0. The summed E-state index contributed by atoms with van der Waals surface area (Å²) < 4.78 is 1.08. The number of benzene rings is 1. The van der Waals surface area contributed by atoms with Crippen molar-refractivity contribution in [2.45, 2.75) is 20.4 Å². The first-order chi connectivity index (χ1) is 8.97. The Hall–Kier alpha value is -1.40. The second-order valence-corrected chi connectivity index (χ2v) is 6.82.